The molecule has 1 aromatic carbocycles. The van der Waals surface area contributed by atoms with Gasteiger partial charge in [-0.2, -0.15) is 0 Å². The number of hydrogen-bond donors (Lipinski definition) is 1. The topological polar surface area (TPSA) is 78.1 Å². The first-order valence-corrected chi connectivity index (χ1v) is 5.37. The SMILES string of the molecule is Nc1nnsc1C(=O)Oc1ccc(Cl)cc1. The molecule has 82 valence electrons. The van der Waals surface area contributed by atoms with Crippen molar-refractivity contribution in [2.75, 3.05) is 5.73 Å². The molecule has 0 atom stereocenters. The van der Waals surface area contributed by atoms with E-state index < -0.39 is 5.97 Å². The highest BCUT2D eigenvalue weighted by atomic mass is 35.5. The van der Waals surface area contributed by atoms with Crippen molar-refractivity contribution in [1.82, 2.24) is 9.59 Å². The van der Waals surface area contributed by atoms with Crippen LogP contribution in [-0.2, 0) is 0 Å². The summed E-state index contributed by atoms with van der Waals surface area (Å²) in [6.45, 7) is 0. The number of halogens is 1. The van der Waals surface area contributed by atoms with Crippen LogP contribution < -0.4 is 10.5 Å². The Bertz CT molecular complexity index is 512. The number of ether oxygens (including phenoxy) is 1. The Morgan fingerprint density at radius 3 is 2.62 bits per heavy atom. The van der Waals surface area contributed by atoms with Crippen molar-refractivity contribution >= 4 is 34.9 Å². The maximum atomic E-state index is 11.6. The number of nitrogens with two attached hydrogens (primary N) is 1. The molecule has 0 aliphatic carbocycles. The zero-order valence-electron chi connectivity index (χ0n) is 7.88. The van der Waals surface area contributed by atoms with E-state index in [0.717, 1.165) is 11.5 Å². The molecule has 0 radical (unpaired) electrons. The molecule has 0 fully saturated rings. The summed E-state index contributed by atoms with van der Waals surface area (Å²) >= 11 is 6.59. The summed E-state index contributed by atoms with van der Waals surface area (Å²) in [6, 6.07) is 6.42. The molecule has 0 aliphatic heterocycles. The standard InChI is InChI=1S/C9H6ClN3O2S/c10-5-1-3-6(4-2-5)15-9(14)7-8(11)12-13-16-7/h1-4H,11H2. The molecule has 0 saturated heterocycles. The van der Waals surface area contributed by atoms with Gasteiger partial charge in [0.2, 0.25) is 0 Å². The normalized spacial score (nSPS) is 10.1. The zero-order valence-corrected chi connectivity index (χ0v) is 9.46. The summed E-state index contributed by atoms with van der Waals surface area (Å²) in [4.78, 5) is 11.8. The molecule has 5 nitrogen and oxygen atoms in total. The van der Waals surface area contributed by atoms with Crippen LogP contribution in [0.4, 0.5) is 5.82 Å². The molecule has 1 heterocycles. The van der Waals surface area contributed by atoms with Crippen LogP contribution in [0.15, 0.2) is 24.3 Å². The molecular formula is C9H6ClN3O2S. The van der Waals surface area contributed by atoms with Gasteiger partial charge >= 0.3 is 5.97 Å². The highest BCUT2D eigenvalue weighted by molar-refractivity contribution is 7.08. The third-order valence-electron chi connectivity index (χ3n) is 1.72. The second-order valence-electron chi connectivity index (χ2n) is 2.83. The summed E-state index contributed by atoms with van der Waals surface area (Å²) in [6.07, 6.45) is 0. The second-order valence-corrected chi connectivity index (χ2v) is 4.02. The van der Waals surface area contributed by atoms with Crippen molar-refractivity contribution in [2.45, 2.75) is 0 Å². The van der Waals surface area contributed by atoms with Gasteiger partial charge in [0, 0.05) is 5.02 Å². The van der Waals surface area contributed by atoms with Crippen molar-refractivity contribution in [3.8, 4) is 5.75 Å². The molecule has 0 saturated carbocycles. The van der Waals surface area contributed by atoms with Crippen LogP contribution in [0.5, 0.6) is 5.75 Å². The number of esters is 1. The summed E-state index contributed by atoms with van der Waals surface area (Å²) in [5, 5.41) is 4.09. The third kappa shape index (κ3) is 2.29. The lowest BCUT2D eigenvalue weighted by atomic mass is 10.3. The van der Waals surface area contributed by atoms with Crippen LogP contribution in [0.2, 0.25) is 5.02 Å². The number of carbonyl (C=O) groups is 1. The fourth-order valence-corrected chi connectivity index (χ4v) is 1.58. The van der Waals surface area contributed by atoms with Gasteiger partial charge in [-0.25, -0.2) is 4.79 Å². The summed E-state index contributed by atoms with van der Waals surface area (Å²) in [5.74, 6) is -0.110. The lowest BCUT2D eigenvalue weighted by Gasteiger charge is -2.01. The van der Waals surface area contributed by atoms with Gasteiger partial charge in [-0.1, -0.05) is 16.1 Å². The smallest absolute Gasteiger partial charge is 0.359 e. The first kappa shape index (κ1) is 10.8. The molecule has 2 aromatic rings. The maximum Gasteiger partial charge on any atom is 0.359 e. The largest absolute Gasteiger partial charge is 0.422 e. The lowest BCUT2D eigenvalue weighted by molar-refractivity contribution is 0.0740. The van der Waals surface area contributed by atoms with Gasteiger partial charge in [0.1, 0.15) is 5.75 Å². The van der Waals surface area contributed by atoms with Crippen LogP contribution >= 0.6 is 23.1 Å². The van der Waals surface area contributed by atoms with Gasteiger partial charge in [-0.3, -0.25) is 0 Å². The summed E-state index contributed by atoms with van der Waals surface area (Å²) < 4.78 is 8.59. The summed E-state index contributed by atoms with van der Waals surface area (Å²) in [5.41, 5.74) is 5.43. The van der Waals surface area contributed by atoms with Gasteiger partial charge in [0.05, 0.1) is 0 Å². The number of rotatable bonds is 2. The lowest BCUT2D eigenvalue weighted by Crippen LogP contribution is -2.08. The Balaban J connectivity index is 2.14. The quantitative estimate of drug-likeness (QED) is 0.656. The number of nitrogen functional groups attached to an aromatic ring is 1. The minimum atomic E-state index is -0.574. The molecule has 1 aromatic heterocycles. The molecule has 16 heavy (non-hydrogen) atoms. The number of nitrogens with zero attached hydrogens (tertiary/aromatic N) is 2. The van der Waals surface area contributed by atoms with Crippen molar-refractivity contribution in [3.63, 3.8) is 0 Å². The van der Waals surface area contributed by atoms with E-state index in [4.69, 9.17) is 22.1 Å². The van der Waals surface area contributed by atoms with E-state index in [1.54, 1.807) is 24.3 Å². The Hall–Kier alpha value is -1.66. The molecule has 0 unspecified atom stereocenters. The van der Waals surface area contributed by atoms with E-state index in [0.29, 0.717) is 10.8 Å². The molecule has 0 spiro atoms. The van der Waals surface area contributed by atoms with Crippen LogP contribution in [0.3, 0.4) is 0 Å². The maximum absolute atomic E-state index is 11.6. The number of aromatic nitrogens is 2. The number of anilines is 1. The molecule has 0 bridgehead atoms. The van der Waals surface area contributed by atoms with Gasteiger partial charge < -0.3 is 10.5 Å². The van der Waals surface area contributed by atoms with Crippen molar-refractivity contribution in [1.29, 1.82) is 0 Å². The molecule has 2 N–H and O–H groups in total. The average Bonchev–Trinajstić information content (AvgIpc) is 2.68. The minimum absolute atomic E-state index is 0.0731. The van der Waals surface area contributed by atoms with Crippen molar-refractivity contribution < 1.29 is 9.53 Å². The van der Waals surface area contributed by atoms with Crippen LogP contribution in [0.1, 0.15) is 9.67 Å². The highest BCUT2D eigenvalue weighted by Crippen LogP contribution is 2.19. The molecular weight excluding hydrogens is 250 g/mol. The Morgan fingerprint density at radius 1 is 1.38 bits per heavy atom. The predicted molar refractivity (Wildman–Crippen MR) is 60.7 cm³/mol. The van der Waals surface area contributed by atoms with Crippen molar-refractivity contribution in [3.05, 3.63) is 34.2 Å². The molecule has 0 amide bonds. The van der Waals surface area contributed by atoms with Gasteiger partial charge in [-0.15, -0.1) is 5.10 Å². The highest BCUT2D eigenvalue weighted by Gasteiger charge is 2.16. The average molecular weight is 256 g/mol. The molecule has 7 heteroatoms. The first-order chi connectivity index (χ1) is 7.66. The summed E-state index contributed by atoms with van der Waals surface area (Å²) in [7, 11) is 0. The second kappa shape index (κ2) is 4.46. The Kier molecular flexibility index (Phi) is 3.02. The number of hydrogen-bond acceptors (Lipinski definition) is 6. The Morgan fingerprint density at radius 2 is 2.06 bits per heavy atom. The van der Waals surface area contributed by atoms with E-state index in [1.165, 1.54) is 0 Å². The van der Waals surface area contributed by atoms with E-state index in [1.807, 2.05) is 0 Å². The van der Waals surface area contributed by atoms with Gasteiger partial charge in [-0.05, 0) is 35.8 Å². The molecule has 0 aliphatic rings. The van der Waals surface area contributed by atoms with Crippen LogP contribution in [0.25, 0.3) is 0 Å². The van der Waals surface area contributed by atoms with E-state index in [9.17, 15) is 4.79 Å². The predicted octanol–water partition coefficient (Wildman–Crippen LogP) is 1.99. The fourth-order valence-electron chi connectivity index (χ4n) is 0.995. The van der Waals surface area contributed by atoms with Crippen molar-refractivity contribution in [2.24, 2.45) is 0 Å². The van der Waals surface area contributed by atoms with E-state index in [2.05, 4.69) is 9.59 Å². The monoisotopic (exact) mass is 255 g/mol. The van der Waals surface area contributed by atoms with Crippen LogP contribution in [0, 0.1) is 0 Å². The first-order valence-electron chi connectivity index (χ1n) is 4.22. The van der Waals surface area contributed by atoms with Gasteiger partial charge in [0.15, 0.2) is 10.7 Å². The number of carbonyl (C=O) groups excluding carboxylic acids is 1. The van der Waals surface area contributed by atoms with Crippen LogP contribution in [-0.4, -0.2) is 15.6 Å². The minimum Gasteiger partial charge on any atom is -0.422 e. The third-order valence-corrected chi connectivity index (χ3v) is 2.70. The Labute approximate surface area is 100.0 Å². The molecule has 2 rings (SSSR count). The van der Waals surface area contributed by atoms with E-state index >= 15 is 0 Å². The van der Waals surface area contributed by atoms with E-state index in [-0.39, 0.29) is 10.7 Å². The fraction of sp³-hybridized carbons (Fsp3) is 0. The van der Waals surface area contributed by atoms with Gasteiger partial charge in [0.25, 0.3) is 0 Å². The zero-order chi connectivity index (χ0) is 11.5. The number of benzene rings is 1.